The molecular formula is C22H38O7P2S3Zn3. The Hall–Kier alpha value is 2.72. The summed E-state index contributed by atoms with van der Waals surface area (Å²) in [6, 6.07) is 0. The summed E-state index contributed by atoms with van der Waals surface area (Å²) in [6.45, 7) is -4.46. The van der Waals surface area contributed by atoms with Crippen LogP contribution >= 0.6 is 25.2 Å². The van der Waals surface area contributed by atoms with Crippen LogP contribution in [0.25, 0.3) is 0 Å². The van der Waals surface area contributed by atoms with Gasteiger partial charge in [-0.3, -0.25) is 0 Å². The van der Waals surface area contributed by atoms with E-state index in [1.165, 1.54) is 89.0 Å². The monoisotopic (exact) mass is 764 g/mol. The third-order valence-corrected chi connectivity index (χ3v) is 6.58. The molecule has 0 aromatic heterocycles. The molecule has 15 heteroatoms. The van der Waals surface area contributed by atoms with Gasteiger partial charge >= 0.3 is 58.4 Å². The van der Waals surface area contributed by atoms with Crippen LogP contribution in [0.2, 0.25) is 0 Å². The summed E-state index contributed by atoms with van der Waals surface area (Å²) in [5.41, 5.74) is 1.44. The van der Waals surface area contributed by atoms with Crippen molar-refractivity contribution in [2.75, 3.05) is 0 Å². The first-order valence-electron chi connectivity index (χ1n) is 11.9. The smallest absolute Gasteiger partial charge is 0.844 e. The van der Waals surface area contributed by atoms with Crippen LogP contribution in [-0.2, 0) is 82.0 Å². The second-order valence-electron chi connectivity index (χ2n) is 9.08. The predicted octanol–water partition coefficient (Wildman–Crippen LogP) is 1.59. The standard InChI is InChI=1S/C22H38OS.2H3O3PS.3Zn/c1-19(2)14-12-10-8-6-4-3-5-7-9-11-13-15-20-16-17-22(23)21(18-20)24-22;2*1-4(2,3)5;;;/h16-19,21,23H,3-15H2,1-2H3;2*(H3,1,2,3,5);;;/q;;;3*+2/p-6. The summed E-state index contributed by atoms with van der Waals surface area (Å²) in [5, 5.41) is 10.2. The Kier molecular flexibility index (Phi) is 31.8. The average molecular weight is 769 g/mol. The molecule has 7 nitrogen and oxygen atoms in total. The Bertz CT molecular complexity index is 685. The molecule has 0 saturated carbocycles. The second kappa shape index (κ2) is 25.2. The van der Waals surface area contributed by atoms with Gasteiger partial charge in [-0.2, -0.15) is 23.6 Å². The summed E-state index contributed by atoms with van der Waals surface area (Å²) in [5.74, 6) is 0.881. The zero-order chi connectivity index (χ0) is 26.3. The van der Waals surface area contributed by atoms with Crippen LogP contribution < -0.4 is 29.4 Å². The first kappa shape index (κ1) is 46.7. The fourth-order valence-corrected chi connectivity index (χ4v) is 4.45. The van der Waals surface area contributed by atoms with Gasteiger partial charge in [0.15, 0.2) is 0 Å². The Labute approximate surface area is 276 Å². The fraction of sp³-hybridized carbons (Fsp3) is 0.818. The maximum Gasteiger partial charge on any atom is 2.00 e. The Morgan fingerprint density at radius 3 is 1.49 bits per heavy atom. The molecule has 0 aromatic carbocycles. The summed E-state index contributed by atoms with van der Waals surface area (Å²) in [7, 11) is 0. The van der Waals surface area contributed by atoms with E-state index in [-0.39, 0.29) is 58.4 Å². The fourth-order valence-electron chi connectivity index (χ4n) is 3.57. The number of rotatable bonds is 14. The number of allylic oxidation sites excluding steroid dienone is 2. The molecule has 0 spiro atoms. The van der Waals surface area contributed by atoms with E-state index in [1.807, 2.05) is 6.08 Å². The van der Waals surface area contributed by atoms with Gasteiger partial charge in [-0.15, -0.1) is 11.8 Å². The van der Waals surface area contributed by atoms with Gasteiger partial charge in [0, 0.05) is 0 Å². The van der Waals surface area contributed by atoms with E-state index in [4.69, 9.17) is 29.4 Å². The van der Waals surface area contributed by atoms with Gasteiger partial charge in [-0.25, -0.2) is 0 Å². The topological polar surface area (TPSA) is 159 Å². The number of thioether (sulfide) groups is 1. The van der Waals surface area contributed by atoms with E-state index in [9.17, 15) is 5.11 Å². The molecule has 2 aliphatic rings. The Balaban J connectivity index is -0.000000359. The van der Waals surface area contributed by atoms with Crippen molar-refractivity contribution in [2.45, 2.75) is 108 Å². The van der Waals surface area contributed by atoms with Crippen LogP contribution in [-0.4, -0.2) is 15.3 Å². The molecule has 0 bridgehead atoms. The third kappa shape index (κ3) is 36.7. The van der Waals surface area contributed by atoms with Crippen LogP contribution in [0.4, 0.5) is 0 Å². The van der Waals surface area contributed by atoms with Crippen molar-refractivity contribution in [2.24, 2.45) is 5.92 Å². The van der Waals surface area contributed by atoms with Crippen LogP contribution in [0.5, 0.6) is 0 Å². The minimum absolute atomic E-state index is 0. The normalized spacial score (nSPS) is 19.4. The van der Waals surface area contributed by atoms with Gasteiger partial charge < -0.3 is 47.9 Å². The van der Waals surface area contributed by atoms with Gasteiger partial charge in [-0.05, 0) is 24.8 Å². The van der Waals surface area contributed by atoms with E-state index >= 15 is 0 Å². The molecule has 0 radical (unpaired) electrons. The van der Waals surface area contributed by atoms with Crippen molar-refractivity contribution in [3.8, 4) is 0 Å². The maximum absolute atomic E-state index is 9.89. The molecule has 1 N–H and O–H groups in total. The quantitative estimate of drug-likeness (QED) is 0.119. The molecule has 1 saturated heterocycles. The number of fused-ring (bicyclic) bond motifs is 1. The number of hydrogen-bond donors (Lipinski definition) is 1. The zero-order valence-corrected chi connectivity index (χ0v) is 35.4. The molecule has 1 fully saturated rings. The van der Waals surface area contributed by atoms with Crippen molar-refractivity contribution in [3.05, 3.63) is 23.8 Å². The summed E-state index contributed by atoms with van der Waals surface area (Å²) < 4.78 is 0. The number of aliphatic hydroxyl groups is 1. The van der Waals surface area contributed by atoms with E-state index in [0.29, 0.717) is 5.25 Å². The van der Waals surface area contributed by atoms with Crippen LogP contribution in [0.15, 0.2) is 23.8 Å². The van der Waals surface area contributed by atoms with Crippen LogP contribution in [0, 0.1) is 5.92 Å². The van der Waals surface area contributed by atoms with E-state index < -0.39 is 18.4 Å². The molecule has 1 aliphatic heterocycles. The van der Waals surface area contributed by atoms with Crippen molar-refractivity contribution in [3.63, 3.8) is 0 Å². The number of hydrogen-bond acceptors (Lipinski definition) is 10. The van der Waals surface area contributed by atoms with E-state index in [2.05, 4.69) is 49.6 Å². The third-order valence-electron chi connectivity index (χ3n) is 5.31. The van der Waals surface area contributed by atoms with Gasteiger partial charge in [-0.1, -0.05) is 102 Å². The number of unbranched alkanes of at least 4 members (excludes halogenated alkanes) is 10. The first-order chi connectivity index (χ1) is 15.6. The van der Waals surface area contributed by atoms with Crippen LogP contribution in [0.1, 0.15) is 97.3 Å². The van der Waals surface area contributed by atoms with Crippen LogP contribution in [0.3, 0.4) is 0 Å². The average Bonchev–Trinajstić information content (AvgIpc) is 3.33. The van der Waals surface area contributed by atoms with Gasteiger partial charge in [0.25, 0.3) is 0 Å². The van der Waals surface area contributed by atoms with Gasteiger partial charge in [0.1, 0.15) is 4.93 Å². The van der Waals surface area contributed by atoms with Gasteiger partial charge in [0.2, 0.25) is 0 Å². The summed E-state index contributed by atoms with van der Waals surface area (Å²) >= 11 is 8.20. The molecule has 0 amide bonds. The SMILES string of the molecule is CC(C)CCCCCCCCCCCCCC1=CC2SC2(O)C=C1.[O-]P([O-])([O-])=S.[O-]P([O-])([O-])=S.[Zn+2].[Zn+2].[Zn+2]. The minimum atomic E-state index is -4.56. The van der Waals surface area contributed by atoms with Crippen molar-refractivity contribution < 1.29 is 92.9 Å². The Morgan fingerprint density at radius 2 is 1.14 bits per heavy atom. The molecule has 2 rings (SSSR count). The molecule has 2 atom stereocenters. The van der Waals surface area contributed by atoms with Crippen molar-refractivity contribution >= 4 is 48.8 Å². The molecule has 37 heavy (non-hydrogen) atoms. The minimum Gasteiger partial charge on any atom is -0.844 e. The zero-order valence-electron chi connectivity index (χ0n) is 22.2. The van der Waals surface area contributed by atoms with Crippen molar-refractivity contribution in [1.82, 2.24) is 0 Å². The molecule has 0 aromatic rings. The van der Waals surface area contributed by atoms with Gasteiger partial charge in [0.05, 0.1) is 5.25 Å². The molecule has 1 aliphatic carbocycles. The van der Waals surface area contributed by atoms with E-state index in [0.717, 1.165) is 5.92 Å². The largest absolute Gasteiger partial charge is 2.00 e. The summed E-state index contributed by atoms with van der Waals surface area (Å²) in [4.78, 5) is 53.0. The molecule has 1 heterocycles. The van der Waals surface area contributed by atoms with Crippen molar-refractivity contribution in [1.29, 1.82) is 0 Å². The second-order valence-corrected chi connectivity index (χ2v) is 15.0. The predicted molar refractivity (Wildman–Crippen MR) is 137 cm³/mol. The molecule has 202 valence electrons. The Morgan fingerprint density at radius 1 is 0.784 bits per heavy atom. The maximum atomic E-state index is 9.89. The molecule has 2 unspecified atom stereocenters. The summed E-state index contributed by atoms with van der Waals surface area (Å²) in [6.07, 6.45) is 24.6. The van der Waals surface area contributed by atoms with E-state index in [1.54, 1.807) is 11.8 Å². The first-order valence-corrected chi connectivity index (χ1v) is 17.9. The molecular weight excluding hydrogens is 731 g/mol.